The summed E-state index contributed by atoms with van der Waals surface area (Å²) in [5.74, 6) is -0.0468. The van der Waals surface area contributed by atoms with Crippen LogP contribution < -0.4 is 25.4 Å². The van der Waals surface area contributed by atoms with Gasteiger partial charge in [-0.15, -0.1) is 0 Å². The first-order valence-electron chi connectivity index (χ1n) is 14.9. The lowest BCUT2D eigenvalue weighted by molar-refractivity contribution is -0.137. The monoisotopic (exact) mass is 597 g/mol. The summed E-state index contributed by atoms with van der Waals surface area (Å²) in [4.78, 5) is 46.7. The maximum Gasteiger partial charge on any atom is 0.258 e. The van der Waals surface area contributed by atoms with Gasteiger partial charge in [-0.1, -0.05) is 24.3 Å². The molecule has 2 N–H and O–H groups in total. The summed E-state index contributed by atoms with van der Waals surface area (Å²) in [5, 5.41) is 15.5. The highest BCUT2D eigenvalue weighted by atomic mass is 16.5. The van der Waals surface area contributed by atoms with Crippen molar-refractivity contribution in [3.63, 3.8) is 0 Å². The summed E-state index contributed by atoms with van der Waals surface area (Å²) in [6, 6.07) is 18.6. The maximum atomic E-state index is 13.1. The third kappa shape index (κ3) is 6.22. The molecule has 0 saturated carbocycles. The first-order chi connectivity index (χ1) is 21.1. The number of carbonyl (C=O) groups excluding carboxylic acids is 2. The molecule has 0 radical (unpaired) electrons. The highest BCUT2D eigenvalue weighted by Gasteiger charge is 2.45. The second-order valence-electron chi connectivity index (χ2n) is 11.5. The molecular weight excluding hydrogens is 558 g/mol. The van der Waals surface area contributed by atoms with Gasteiger partial charge in [0.05, 0.1) is 11.4 Å². The molecule has 230 valence electrons. The Morgan fingerprint density at radius 3 is 2.59 bits per heavy atom. The molecule has 2 aromatic heterocycles. The van der Waals surface area contributed by atoms with E-state index in [1.54, 1.807) is 54.8 Å². The Morgan fingerprint density at radius 2 is 1.80 bits per heavy atom. The largest absolute Gasteiger partial charge is 0.491 e. The molecule has 5 rings (SSSR count). The molecule has 2 aromatic carbocycles. The number of aliphatic hydroxyl groups excluding tert-OH is 1. The number of pyridine rings is 2. The number of aromatic nitrogens is 2. The number of amides is 2. The van der Waals surface area contributed by atoms with Crippen LogP contribution in [0.15, 0.2) is 77.9 Å². The van der Waals surface area contributed by atoms with E-state index in [0.717, 1.165) is 16.6 Å². The topological polar surface area (TPSA) is 117 Å². The van der Waals surface area contributed by atoms with E-state index in [1.165, 1.54) is 4.90 Å². The number of benzene rings is 2. The molecular formula is C34H39N5O5. The minimum atomic E-state index is -1.19. The van der Waals surface area contributed by atoms with Crippen LogP contribution in [0.3, 0.4) is 0 Å². The summed E-state index contributed by atoms with van der Waals surface area (Å²) < 4.78 is 7.60. The summed E-state index contributed by atoms with van der Waals surface area (Å²) in [5.41, 5.74) is 1.90. The van der Waals surface area contributed by atoms with Crippen molar-refractivity contribution in [3.8, 4) is 5.75 Å². The van der Waals surface area contributed by atoms with Crippen LogP contribution in [0.5, 0.6) is 5.75 Å². The van der Waals surface area contributed by atoms with Crippen molar-refractivity contribution in [2.45, 2.75) is 46.4 Å². The summed E-state index contributed by atoms with van der Waals surface area (Å²) in [6.07, 6.45) is 3.36. The van der Waals surface area contributed by atoms with Crippen LogP contribution in [0.4, 0.5) is 11.4 Å². The molecule has 1 aliphatic rings. The van der Waals surface area contributed by atoms with Crippen LogP contribution in [0.25, 0.3) is 10.8 Å². The van der Waals surface area contributed by atoms with Crippen molar-refractivity contribution in [1.29, 1.82) is 0 Å². The number of anilines is 2. The van der Waals surface area contributed by atoms with Crippen molar-refractivity contribution in [2.75, 3.05) is 36.5 Å². The zero-order chi connectivity index (χ0) is 31.4. The molecule has 1 atom stereocenters. The number of rotatable bonds is 11. The van der Waals surface area contributed by atoms with Gasteiger partial charge in [-0.2, -0.15) is 0 Å². The number of fused-ring (bicyclic) bond motifs is 2. The second-order valence-corrected chi connectivity index (χ2v) is 11.5. The number of nitrogens with one attached hydrogen (secondary N) is 1. The summed E-state index contributed by atoms with van der Waals surface area (Å²) in [6.45, 7) is 6.92. The smallest absolute Gasteiger partial charge is 0.258 e. The van der Waals surface area contributed by atoms with Crippen LogP contribution in [0.1, 0.15) is 32.0 Å². The van der Waals surface area contributed by atoms with Gasteiger partial charge in [0.25, 0.3) is 5.56 Å². The van der Waals surface area contributed by atoms with Gasteiger partial charge >= 0.3 is 0 Å². The van der Waals surface area contributed by atoms with Crippen molar-refractivity contribution < 1.29 is 19.4 Å². The van der Waals surface area contributed by atoms with Crippen molar-refractivity contribution >= 4 is 34.0 Å². The first-order valence-corrected chi connectivity index (χ1v) is 14.9. The molecule has 0 fully saturated rings. The van der Waals surface area contributed by atoms with E-state index < -0.39 is 11.5 Å². The predicted octanol–water partition coefficient (Wildman–Crippen LogP) is 3.52. The van der Waals surface area contributed by atoms with Gasteiger partial charge in [0.2, 0.25) is 11.8 Å². The number of aliphatic hydroxyl groups is 1. The Hall–Kier alpha value is -4.54. The third-order valence-corrected chi connectivity index (χ3v) is 8.13. The van der Waals surface area contributed by atoms with E-state index in [9.17, 15) is 19.5 Å². The van der Waals surface area contributed by atoms with Gasteiger partial charge in [-0.25, -0.2) is 0 Å². The predicted molar refractivity (Wildman–Crippen MR) is 171 cm³/mol. The number of nitrogens with zero attached hydrogens (tertiary/aromatic N) is 4. The zero-order valence-corrected chi connectivity index (χ0v) is 25.6. The molecule has 3 heterocycles. The fourth-order valence-corrected chi connectivity index (χ4v) is 5.59. The molecule has 4 aromatic rings. The fourth-order valence-electron chi connectivity index (χ4n) is 5.59. The summed E-state index contributed by atoms with van der Waals surface area (Å²) >= 11 is 0. The van der Waals surface area contributed by atoms with Gasteiger partial charge in [0.15, 0.2) is 0 Å². The second kappa shape index (κ2) is 13.0. The lowest BCUT2D eigenvalue weighted by Crippen LogP contribution is -2.47. The number of hydrogen-bond acceptors (Lipinski definition) is 7. The molecule has 1 aliphatic heterocycles. The van der Waals surface area contributed by atoms with Crippen LogP contribution in [-0.2, 0) is 29.1 Å². The highest BCUT2D eigenvalue weighted by molar-refractivity contribution is 6.20. The Morgan fingerprint density at radius 1 is 1.00 bits per heavy atom. The Bertz CT molecular complexity index is 1730. The van der Waals surface area contributed by atoms with Crippen molar-refractivity contribution in [3.05, 3.63) is 94.7 Å². The van der Waals surface area contributed by atoms with Gasteiger partial charge < -0.3 is 29.5 Å². The first kappa shape index (κ1) is 30.9. The van der Waals surface area contributed by atoms with Gasteiger partial charge in [-0.3, -0.25) is 19.4 Å². The Labute approximate surface area is 256 Å². The molecule has 0 spiro atoms. The zero-order valence-electron chi connectivity index (χ0n) is 25.6. The van der Waals surface area contributed by atoms with E-state index in [2.05, 4.69) is 10.3 Å². The van der Waals surface area contributed by atoms with E-state index in [0.29, 0.717) is 48.6 Å². The molecule has 10 nitrogen and oxygen atoms in total. The van der Waals surface area contributed by atoms with Crippen LogP contribution >= 0.6 is 0 Å². The lowest BCUT2D eigenvalue weighted by Gasteiger charge is -2.27. The summed E-state index contributed by atoms with van der Waals surface area (Å²) in [7, 11) is 1.66. The normalized spacial score (nSPS) is 15.3. The molecule has 44 heavy (non-hydrogen) atoms. The van der Waals surface area contributed by atoms with Gasteiger partial charge in [-0.05, 0) is 62.1 Å². The maximum absolute atomic E-state index is 13.1. The highest BCUT2D eigenvalue weighted by Crippen LogP contribution is 2.40. The van der Waals surface area contributed by atoms with Crippen molar-refractivity contribution in [2.24, 2.45) is 5.41 Å². The quantitative estimate of drug-likeness (QED) is 0.254. The number of carbonyl (C=O) groups is 2. The molecule has 0 bridgehead atoms. The molecule has 1 unspecified atom stereocenters. The van der Waals surface area contributed by atoms with E-state index in [-0.39, 0.29) is 30.5 Å². The fraction of sp³-hybridized carbons (Fsp3) is 0.353. The van der Waals surface area contributed by atoms with Crippen LogP contribution in [0, 0.1) is 5.41 Å². The third-order valence-electron chi connectivity index (χ3n) is 8.13. The molecule has 10 heteroatoms. The van der Waals surface area contributed by atoms with E-state index >= 15 is 0 Å². The van der Waals surface area contributed by atoms with Gasteiger partial charge in [0.1, 0.15) is 23.9 Å². The molecule has 0 aliphatic carbocycles. The number of aryl methyl sites for hydroxylation is 2. The average Bonchev–Trinajstić information content (AvgIpc) is 3.08. The number of ether oxygens (including phenoxy) is 1. The lowest BCUT2D eigenvalue weighted by atomic mass is 9.90. The minimum absolute atomic E-state index is 0.0189. The molecule has 2 amide bonds. The van der Waals surface area contributed by atoms with Crippen molar-refractivity contribution in [1.82, 2.24) is 14.9 Å². The Balaban J connectivity index is 1.16. The standard InChI is InChI=1S/C34H39N5O5/c1-5-39-29-13-12-26(19-30(29)37(4)32(42)34(2,3)33(39)43)44-22-25(40)21-35-20-24-10-8-16-36-28(24)15-18-38-17-14-23-9-6-7-11-27(23)31(38)41/h6-14,16-17,19,25,35,40H,5,15,18,20-22H2,1-4H3. The minimum Gasteiger partial charge on any atom is -0.491 e. The van der Waals surface area contributed by atoms with E-state index in [1.807, 2.05) is 55.6 Å². The van der Waals surface area contributed by atoms with Crippen LogP contribution in [-0.4, -0.2) is 59.3 Å². The Kier molecular flexibility index (Phi) is 9.12. The SMILES string of the molecule is CCN1C(=O)C(C)(C)C(=O)N(C)c2cc(OCC(O)CNCc3cccnc3CCn3ccc4ccccc4c3=O)ccc21. The number of hydrogen-bond donors (Lipinski definition) is 2. The van der Waals surface area contributed by atoms with Gasteiger partial charge in [0, 0.05) is 69.2 Å². The van der Waals surface area contributed by atoms with E-state index in [4.69, 9.17) is 4.74 Å². The van der Waals surface area contributed by atoms with Crippen LogP contribution in [0.2, 0.25) is 0 Å². The molecule has 0 saturated heterocycles. The average molecular weight is 598 g/mol.